The van der Waals surface area contributed by atoms with Gasteiger partial charge in [0.15, 0.2) is 0 Å². The molecule has 62 valence electrons. The highest BCUT2D eigenvalue weighted by atomic mass is 14.7. The molecule has 0 radical (unpaired) electrons. The van der Waals surface area contributed by atoms with Gasteiger partial charge in [-0.25, -0.2) is 4.98 Å². The van der Waals surface area contributed by atoms with Crippen LogP contribution in [0.2, 0.25) is 0 Å². The van der Waals surface area contributed by atoms with Gasteiger partial charge in [-0.15, -0.1) is 0 Å². The van der Waals surface area contributed by atoms with Gasteiger partial charge < -0.3 is 0 Å². The Hall–Kier alpha value is -1.36. The molecule has 0 N–H and O–H groups in total. The number of rotatable bonds is 2. The molecule has 0 unspecified atom stereocenters. The van der Waals surface area contributed by atoms with Crippen LogP contribution in [0.5, 0.6) is 0 Å². The summed E-state index contributed by atoms with van der Waals surface area (Å²) in [5, 5.41) is 8.64. The summed E-state index contributed by atoms with van der Waals surface area (Å²) < 4.78 is 0. The molecule has 0 aromatic carbocycles. The molecule has 0 aliphatic heterocycles. The Morgan fingerprint density at radius 3 is 2.83 bits per heavy atom. The van der Waals surface area contributed by atoms with Crippen LogP contribution < -0.4 is 0 Å². The molecule has 0 bridgehead atoms. The van der Waals surface area contributed by atoms with Crippen molar-refractivity contribution in [2.75, 3.05) is 0 Å². The number of nitrogens with zero attached hydrogens (tertiary/aromatic N) is 2. The van der Waals surface area contributed by atoms with Gasteiger partial charge in [-0.2, -0.15) is 5.26 Å². The van der Waals surface area contributed by atoms with Gasteiger partial charge >= 0.3 is 0 Å². The first-order chi connectivity index (χ1) is 5.76. The maximum atomic E-state index is 8.64. The average Bonchev–Trinajstić information content (AvgIpc) is 2.04. The van der Waals surface area contributed by atoms with Crippen molar-refractivity contribution >= 4 is 0 Å². The second-order valence-corrected chi connectivity index (χ2v) is 2.86. The fourth-order valence-electron chi connectivity index (χ4n) is 1.23. The van der Waals surface area contributed by atoms with Gasteiger partial charge in [-0.3, -0.25) is 0 Å². The molecule has 1 aromatic rings. The number of aromatic nitrogens is 1. The Morgan fingerprint density at radius 2 is 2.25 bits per heavy atom. The Kier molecular flexibility index (Phi) is 2.82. The number of pyridine rings is 1. The molecule has 0 amide bonds. The Labute approximate surface area is 72.9 Å². The van der Waals surface area contributed by atoms with Crippen LogP contribution in [-0.2, 0) is 6.42 Å². The minimum absolute atomic E-state index is 0.526. The van der Waals surface area contributed by atoms with Crippen LogP contribution in [0.3, 0.4) is 0 Å². The summed E-state index contributed by atoms with van der Waals surface area (Å²) in [6.45, 7) is 4.04. The van der Waals surface area contributed by atoms with E-state index < -0.39 is 0 Å². The normalized spacial score (nSPS) is 9.42. The maximum Gasteiger partial charge on any atom is 0.141 e. The Balaban J connectivity index is 3.00. The van der Waals surface area contributed by atoms with E-state index in [1.165, 1.54) is 5.56 Å². The third-order valence-corrected chi connectivity index (χ3v) is 1.67. The highest BCUT2D eigenvalue weighted by molar-refractivity contribution is 5.28. The molecule has 0 aliphatic rings. The van der Waals surface area contributed by atoms with Crippen LogP contribution >= 0.6 is 0 Å². The Bertz CT molecular complexity index is 310. The lowest BCUT2D eigenvalue weighted by Crippen LogP contribution is -1.91. The van der Waals surface area contributed by atoms with E-state index in [9.17, 15) is 0 Å². The topological polar surface area (TPSA) is 36.7 Å². The zero-order valence-electron chi connectivity index (χ0n) is 7.46. The average molecular weight is 160 g/mol. The molecular formula is C10H12N2. The minimum Gasteiger partial charge on any atom is -0.242 e. The smallest absolute Gasteiger partial charge is 0.141 e. The molecule has 12 heavy (non-hydrogen) atoms. The molecule has 0 saturated carbocycles. The van der Waals surface area contributed by atoms with Crippen LogP contribution in [0.4, 0.5) is 0 Å². The number of nitriles is 1. The quantitative estimate of drug-likeness (QED) is 0.665. The molecule has 2 heteroatoms. The largest absolute Gasteiger partial charge is 0.242 e. The first-order valence-electron chi connectivity index (χ1n) is 4.14. The molecule has 0 saturated heterocycles. The summed E-state index contributed by atoms with van der Waals surface area (Å²) >= 11 is 0. The van der Waals surface area contributed by atoms with Crippen LogP contribution in [-0.4, -0.2) is 4.98 Å². The molecule has 0 spiro atoms. The van der Waals surface area contributed by atoms with Gasteiger partial charge in [0.2, 0.25) is 0 Å². The molecule has 1 aromatic heterocycles. The second kappa shape index (κ2) is 3.87. The molecule has 0 aliphatic carbocycles. The van der Waals surface area contributed by atoms with E-state index >= 15 is 0 Å². The van der Waals surface area contributed by atoms with Crippen molar-refractivity contribution in [2.45, 2.75) is 26.7 Å². The Morgan fingerprint density at radius 1 is 1.50 bits per heavy atom. The lowest BCUT2D eigenvalue weighted by atomic mass is 10.1. The summed E-state index contributed by atoms with van der Waals surface area (Å²) in [4.78, 5) is 4.07. The lowest BCUT2D eigenvalue weighted by Gasteiger charge is -2.00. The monoisotopic (exact) mass is 160 g/mol. The van der Waals surface area contributed by atoms with E-state index in [0.29, 0.717) is 5.69 Å². The maximum absolute atomic E-state index is 8.64. The van der Waals surface area contributed by atoms with Gasteiger partial charge in [0.1, 0.15) is 11.8 Å². The van der Waals surface area contributed by atoms with E-state index in [2.05, 4.69) is 18.0 Å². The number of aryl methyl sites for hydroxylation is 2. The standard InChI is InChI=1S/C10H12N2/c1-3-4-9-5-8(2)12-10(6-9)7-11/h5-6H,3-4H2,1-2H3. The van der Waals surface area contributed by atoms with Gasteiger partial charge in [-0.1, -0.05) is 13.3 Å². The first-order valence-corrected chi connectivity index (χ1v) is 4.14. The van der Waals surface area contributed by atoms with E-state index in [1.54, 1.807) is 0 Å². The highest BCUT2D eigenvalue weighted by Crippen LogP contribution is 2.06. The molecule has 2 nitrogen and oxygen atoms in total. The van der Waals surface area contributed by atoms with E-state index in [1.807, 2.05) is 19.1 Å². The van der Waals surface area contributed by atoms with E-state index in [0.717, 1.165) is 18.5 Å². The van der Waals surface area contributed by atoms with Crippen molar-refractivity contribution in [2.24, 2.45) is 0 Å². The summed E-state index contributed by atoms with van der Waals surface area (Å²) in [7, 11) is 0. The second-order valence-electron chi connectivity index (χ2n) is 2.86. The van der Waals surface area contributed by atoms with Crippen molar-refractivity contribution in [3.63, 3.8) is 0 Å². The van der Waals surface area contributed by atoms with Gasteiger partial charge in [-0.05, 0) is 31.0 Å². The summed E-state index contributed by atoms with van der Waals surface area (Å²) in [6.07, 6.45) is 2.13. The highest BCUT2D eigenvalue weighted by Gasteiger charge is 1.97. The SMILES string of the molecule is CCCc1cc(C)nc(C#N)c1. The fourth-order valence-corrected chi connectivity index (χ4v) is 1.23. The zero-order valence-corrected chi connectivity index (χ0v) is 7.46. The van der Waals surface area contributed by atoms with Crippen LogP contribution in [0, 0.1) is 18.3 Å². The van der Waals surface area contributed by atoms with E-state index in [-0.39, 0.29) is 0 Å². The van der Waals surface area contributed by atoms with Crippen molar-refractivity contribution in [3.8, 4) is 6.07 Å². The van der Waals surface area contributed by atoms with Crippen molar-refractivity contribution < 1.29 is 0 Å². The molecular weight excluding hydrogens is 148 g/mol. The molecule has 0 atom stereocenters. The number of hydrogen-bond donors (Lipinski definition) is 0. The van der Waals surface area contributed by atoms with Crippen LogP contribution in [0.15, 0.2) is 12.1 Å². The minimum atomic E-state index is 0.526. The van der Waals surface area contributed by atoms with Crippen molar-refractivity contribution in [1.29, 1.82) is 5.26 Å². The van der Waals surface area contributed by atoms with Crippen molar-refractivity contribution in [3.05, 3.63) is 29.1 Å². The summed E-state index contributed by atoms with van der Waals surface area (Å²) in [5.41, 5.74) is 2.66. The summed E-state index contributed by atoms with van der Waals surface area (Å²) in [6, 6.07) is 5.95. The molecule has 1 heterocycles. The molecule has 1 rings (SSSR count). The van der Waals surface area contributed by atoms with E-state index in [4.69, 9.17) is 5.26 Å². The van der Waals surface area contributed by atoms with Crippen LogP contribution in [0.25, 0.3) is 0 Å². The third-order valence-electron chi connectivity index (χ3n) is 1.67. The zero-order chi connectivity index (χ0) is 8.97. The number of hydrogen-bond acceptors (Lipinski definition) is 2. The van der Waals surface area contributed by atoms with Gasteiger partial charge in [0.25, 0.3) is 0 Å². The van der Waals surface area contributed by atoms with Gasteiger partial charge in [0.05, 0.1) is 0 Å². The van der Waals surface area contributed by atoms with Gasteiger partial charge in [0, 0.05) is 5.69 Å². The molecule has 0 fully saturated rings. The fraction of sp³-hybridized carbons (Fsp3) is 0.400. The lowest BCUT2D eigenvalue weighted by molar-refractivity contribution is 0.912. The summed E-state index contributed by atoms with van der Waals surface area (Å²) in [5.74, 6) is 0. The van der Waals surface area contributed by atoms with Crippen molar-refractivity contribution in [1.82, 2.24) is 4.98 Å². The predicted octanol–water partition coefficient (Wildman–Crippen LogP) is 2.21. The third kappa shape index (κ3) is 2.06. The predicted molar refractivity (Wildman–Crippen MR) is 47.7 cm³/mol. The first kappa shape index (κ1) is 8.73. The van der Waals surface area contributed by atoms with Crippen LogP contribution in [0.1, 0.15) is 30.3 Å².